The minimum atomic E-state index is -0.296. The molecular weight excluding hydrogens is 230 g/mol. The van der Waals surface area contributed by atoms with Gasteiger partial charge in [0, 0.05) is 0 Å². The van der Waals surface area contributed by atoms with Crippen LogP contribution in [0, 0.1) is 0 Å². The van der Waals surface area contributed by atoms with Crippen molar-refractivity contribution in [3.63, 3.8) is 0 Å². The Morgan fingerprint density at radius 2 is 2.28 bits per heavy atom. The molecule has 1 saturated heterocycles. The fraction of sp³-hybridized carbons (Fsp3) is 0.385. The van der Waals surface area contributed by atoms with Crippen LogP contribution in [-0.4, -0.2) is 33.7 Å². The summed E-state index contributed by atoms with van der Waals surface area (Å²) in [5.74, 6) is -0.0179. The lowest BCUT2D eigenvalue weighted by Crippen LogP contribution is -2.32. The van der Waals surface area contributed by atoms with Gasteiger partial charge >= 0.3 is 0 Å². The Bertz CT molecular complexity index is 572. The van der Waals surface area contributed by atoms with Gasteiger partial charge in [-0.3, -0.25) is 9.63 Å². The molecule has 0 aliphatic carbocycles. The molecule has 2 aromatic rings. The first-order chi connectivity index (χ1) is 8.77. The molecule has 18 heavy (non-hydrogen) atoms. The van der Waals surface area contributed by atoms with Crippen molar-refractivity contribution in [2.75, 3.05) is 13.2 Å². The number of benzene rings is 1. The number of carbonyl (C=O) groups excluding carboxylic acids is 1. The standard InChI is InChI=1S/C13H15N3O2/c1-10(13(17)16-7-4-8-18-16)15-9-14-11-5-2-3-6-12(11)15/h2-3,5-6,9-10H,4,7-8H2,1H3. The molecule has 1 aromatic heterocycles. The minimum Gasteiger partial charge on any atom is -0.318 e. The van der Waals surface area contributed by atoms with Crippen LogP contribution in [-0.2, 0) is 9.63 Å². The minimum absolute atomic E-state index is 0.0179. The normalized spacial score (nSPS) is 17.3. The Balaban J connectivity index is 1.91. The highest BCUT2D eigenvalue weighted by Gasteiger charge is 2.26. The van der Waals surface area contributed by atoms with E-state index in [2.05, 4.69) is 4.98 Å². The number of hydroxylamine groups is 2. The number of rotatable bonds is 2. The molecule has 1 unspecified atom stereocenters. The van der Waals surface area contributed by atoms with Crippen LogP contribution in [0.5, 0.6) is 0 Å². The number of nitrogens with zero attached hydrogens (tertiary/aromatic N) is 3. The number of hydrogen-bond acceptors (Lipinski definition) is 3. The SMILES string of the molecule is CC(C(=O)N1CCCO1)n1cnc2ccccc21. The summed E-state index contributed by atoms with van der Waals surface area (Å²) in [6.07, 6.45) is 2.62. The van der Waals surface area contributed by atoms with E-state index in [-0.39, 0.29) is 11.9 Å². The second kappa shape index (κ2) is 4.42. The lowest BCUT2D eigenvalue weighted by Gasteiger charge is -2.20. The number of carbonyl (C=O) groups is 1. The molecule has 5 nitrogen and oxygen atoms in total. The predicted molar refractivity (Wildman–Crippen MR) is 66.7 cm³/mol. The van der Waals surface area contributed by atoms with Crippen LogP contribution in [0.15, 0.2) is 30.6 Å². The topological polar surface area (TPSA) is 47.4 Å². The zero-order valence-corrected chi connectivity index (χ0v) is 10.2. The summed E-state index contributed by atoms with van der Waals surface area (Å²) in [4.78, 5) is 21.8. The van der Waals surface area contributed by atoms with Gasteiger partial charge in [-0.15, -0.1) is 0 Å². The first-order valence-corrected chi connectivity index (χ1v) is 6.13. The van der Waals surface area contributed by atoms with E-state index in [1.165, 1.54) is 5.06 Å². The molecule has 1 aliphatic heterocycles. The van der Waals surface area contributed by atoms with Gasteiger partial charge < -0.3 is 4.57 Å². The molecular formula is C13H15N3O2. The van der Waals surface area contributed by atoms with E-state index in [0.717, 1.165) is 17.5 Å². The Hall–Kier alpha value is -1.88. The van der Waals surface area contributed by atoms with E-state index < -0.39 is 0 Å². The molecule has 0 saturated carbocycles. The summed E-state index contributed by atoms with van der Waals surface area (Å²) < 4.78 is 1.89. The Kier molecular flexibility index (Phi) is 2.76. The lowest BCUT2D eigenvalue weighted by molar-refractivity contribution is -0.171. The van der Waals surface area contributed by atoms with Gasteiger partial charge in [-0.05, 0) is 25.5 Å². The highest BCUT2D eigenvalue weighted by atomic mass is 16.7. The van der Waals surface area contributed by atoms with Gasteiger partial charge in [-0.1, -0.05) is 12.1 Å². The molecule has 5 heteroatoms. The van der Waals surface area contributed by atoms with Crippen LogP contribution in [0.2, 0.25) is 0 Å². The number of fused-ring (bicyclic) bond motifs is 1. The molecule has 1 amide bonds. The van der Waals surface area contributed by atoms with Gasteiger partial charge in [0.2, 0.25) is 0 Å². The smallest absolute Gasteiger partial charge is 0.268 e. The molecule has 1 aliphatic rings. The third-order valence-corrected chi connectivity index (χ3v) is 3.25. The number of para-hydroxylation sites is 2. The monoisotopic (exact) mass is 245 g/mol. The molecule has 0 bridgehead atoms. The van der Waals surface area contributed by atoms with Crippen LogP contribution in [0.25, 0.3) is 11.0 Å². The van der Waals surface area contributed by atoms with E-state index in [9.17, 15) is 4.79 Å². The Morgan fingerprint density at radius 3 is 3.06 bits per heavy atom. The van der Waals surface area contributed by atoms with Crippen molar-refractivity contribution in [1.29, 1.82) is 0 Å². The van der Waals surface area contributed by atoms with Crippen LogP contribution < -0.4 is 0 Å². The maximum atomic E-state index is 12.2. The first kappa shape index (κ1) is 11.2. The fourth-order valence-corrected chi connectivity index (χ4v) is 2.24. The Labute approximate surface area is 105 Å². The molecule has 3 rings (SSSR count). The second-order valence-corrected chi connectivity index (χ2v) is 4.44. The van der Waals surface area contributed by atoms with E-state index in [4.69, 9.17) is 4.84 Å². The zero-order valence-electron chi connectivity index (χ0n) is 10.2. The average molecular weight is 245 g/mol. The summed E-state index contributed by atoms with van der Waals surface area (Å²) in [5, 5.41) is 1.46. The van der Waals surface area contributed by atoms with E-state index in [1.807, 2.05) is 35.8 Å². The molecule has 94 valence electrons. The van der Waals surface area contributed by atoms with Crippen molar-refractivity contribution in [2.24, 2.45) is 0 Å². The van der Waals surface area contributed by atoms with Crippen molar-refractivity contribution in [2.45, 2.75) is 19.4 Å². The van der Waals surface area contributed by atoms with Crippen LogP contribution in [0.1, 0.15) is 19.4 Å². The molecule has 1 fully saturated rings. The average Bonchev–Trinajstić information content (AvgIpc) is 3.06. The zero-order chi connectivity index (χ0) is 12.5. The molecule has 1 aromatic carbocycles. The molecule has 0 N–H and O–H groups in total. The number of imidazole rings is 1. The van der Waals surface area contributed by atoms with Gasteiger partial charge in [-0.2, -0.15) is 0 Å². The van der Waals surface area contributed by atoms with Gasteiger partial charge in [0.25, 0.3) is 5.91 Å². The fourth-order valence-electron chi connectivity index (χ4n) is 2.24. The van der Waals surface area contributed by atoms with Crippen LogP contribution in [0.4, 0.5) is 0 Å². The van der Waals surface area contributed by atoms with Crippen molar-refractivity contribution in [1.82, 2.24) is 14.6 Å². The van der Waals surface area contributed by atoms with Gasteiger partial charge in [0.1, 0.15) is 6.04 Å². The summed E-state index contributed by atoms with van der Waals surface area (Å²) in [7, 11) is 0. The molecule has 1 atom stereocenters. The number of amides is 1. The second-order valence-electron chi connectivity index (χ2n) is 4.44. The van der Waals surface area contributed by atoms with E-state index in [0.29, 0.717) is 13.2 Å². The quantitative estimate of drug-likeness (QED) is 0.810. The van der Waals surface area contributed by atoms with Crippen LogP contribution >= 0.6 is 0 Å². The van der Waals surface area contributed by atoms with E-state index in [1.54, 1.807) is 6.33 Å². The number of aromatic nitrogens is 2. The maximum Gasteiger partial charge on any atom is 0.268 e. The third kappa shape index (κ3) is 1.76. The number of hydrogen-bond donors (Lipinski definition) is 0. The van der Waals surface area contributed by atoms with Gasteiger partial charge in [0.15, 0.2) is 0 Å². The third-order valence-electron chi connectivity index (χ3n) is 3.25. The van der Waals surface area contributed by atoms with Crippen molar-refractivity contribution in [3.05, 3.63) is 30.6 Å². The summed E-state index contributed by atoms with van der Waals surface area (Å²) in [6, 6.07) is 7.50. The maximum absolute atomic E-state index is 12.2. The van der Waals surface area contributed by atoms with Crippen molar-refractivity contribution < 1.29 is 9.63 Å². The molecule has 2 heterocycles. The van der Waals surface area contributed by atoms with Gasteiger partial charge in [-0.25, -0.2) is 10.0 Å². The highest BCUT2D eigenvalue weighted by molar-refractivity contribution is 5.83. The largest absolute Gasteiger partial charge is 0.318 e. The summed E-state index contributed by atoms with van der Waals surface area (Å²) >= 11 is 0. The summed E-state index contributed by atoms with van der Waals surface area (Å²) in [6.45, 7) is 3.18. The summed E-state index contributed by atoms with van der Waals surface area (Å²) in [5.41, 5.74) is 1.87. The molecule has 0 spiro atoms. The van der Waals surface area contributed by atoms with E-state index >= 15 is 0 Å². The van der Waals surface area contributed by atoms with Crippen molar-refractivity contribution >= 4 is 16.9 Å². The Morgan fingerprint density at radius 1 is 1.44 bits per heavy atom. The lowest BCUT2D eigenvalue weighted by atomic mass is 10.2. The highest BCUT2D eigenvalue weighted by Crippen LogP contribution is 2.20. The first-order valence-electron chi connectivity index (χ1n) is 6.13. The van der Waals surface area contributed by atoms with Crippen molar-refractivity contribution in [3.8, 4) is 0 Å². The van der Waals surface area contributed by atoms with Gasteiger partial charge in [0.05, 0.1) is 30.5 Å². The molecule has 0 radical (unpaired) electrons. The van der Waals surface area contributed by atoms with Crippen LogP contribution in [0.3, 0.4) is 0 Å². The predicted octanol–water partition coefficient (Wildman–Crippen LogP) is 1.76.